The molecule has 0 bridgehead atoms. The van der Waals surface area contributed by atoms with E-state index in [9.17, 15) is 8.42 Å². The van der Waals surface area contributed by atoms with Gasteiger partial charge in [-0.3, -0.25) is 0 Å². The lowest BCUT2D eigenvalue weighted by Gasteiger charge is -2.20. The minimum absolute atomic E-state index is 0.00518. The van der Waals surface area contributed by atoms with Gasteiger partial charge in [-0.1, -0.05) is 0 Å². The maximum absolute atomic E-state index is 12.2. The van der Waals surface area contributed by atoms with Gasteiger partial charge in [0.05, 0.1) is 6.54 Å². The molecule has 0 aromatic carbocycles. The van der Waals surface area contributed by atoms with Crippen LogP contribution >= 0.6 is 0 Å². The lowest BCUT2D eigenvalue weighted by atomic mass is 10.1. The SMILES string of the molecule is CC(C)N(C)S(=O)(=O)c1ccc(CNC(C)(C)C)o1. The van der Waals surface area contributed by atoms with Crippen LogP contribution in [0, 0.1) is 0 Å². The second-order valence-corrected chi connectivity index (χ2v) is 7.87. The molecule has 19 heavy (non-hydrogen) atoms. The van der Waals surface area contributed by atoms with Crippen molar-refractivity contribution in [2.24, 2.45) is 0 Å². The molecule has 0 aliphatic heterocycles. The van der Waals surface area contributed by atoms with E-state index in [1.165, 1.54) is 10.4 Å². The Kier molecular flexibility index (Phi) is 4.81. The molecule has 1 aromatic rings. The van der Waals surface area contributed by atoms with Gasteiger partial charge < -0.3 is 9.73 Å². The van der Waals surface area contributed by atoms with Crippen LogP contribution in [-0.2, 0) is 16.6 Å². The average Bonchev–Trinajstić information content (AvgIpc) is 2.73. The summed E-state index contributed by atoms with van der Waals surface area (Å²) in [4.78, 5) is 0. The Bertz CT molecular complexity index is 512. The van der Waals surface area contributed by atoms with Crippen LogP contribution in [0.1, 0.15) is 40.4 Å². The second-order valence-electron chi connectivity index (χ2n) is 5.94. The highest BCUT2D eigenvalue weighted by molar-refractivity contribution is 7.89. The molecule has 110 valence electrons. The van der Waals surface area contributed by atoms with Crippen LogP contribution < -0.4 is 5.32 Å². The van der Waals surface area contributed by atoms with E-state index < -0.39 is 10.0 Å². The number of nitrogens with one attached hydrogen (secondary N) is 1. The summed E-state index contributed by atoms with van der Waals surface area (Å²) in [6, 6.07) is 3.10. The zero-order valence-corrected chi connectivity index (χ0v) is 13.3. The van der Waals surface area contributed by atoms with E-state index in [0.717, 1.165) is 0 Å². The summed E-state index contributed by atoms with van der Waals surface area (Å²) in [7, 11) is -1.98. The van der Waals surface area contributed by atoms with Crippen molar-refractivity contribution in [2.75, 3.05) is 7.05 Å². The zero-order valence-electron chi connectivity index (χ0n) is 12.5. The van der Waals surface area contributed by atoms with Crippen molar-refractivity contribution in [3.63, 3.8) is 0 Å². The van der Waals surface area contributed by atoms with Crippen LogP contribution in [0.25, 0.3) is 0 Å². The molecular weight excluding hydrogens is 264 g/mol. The number of hydrogen-bond acceptors (Lipinski definition) is 4. The summed E-state index contributed by atoms with van der Waals surface area (Å²) >= 11 is 0. The number of hydrogen-bond donors (Lipinski definition) is 1. The van der Waals surface area contributed by atoms with Crippen molar-refractivity contribution in [3.8, 4) is 0 Å². The minimum Gasteiger partial charge on any atom is -0.447 e. The van der Waals surface area contributed by atoms with Gasteiger partial charge in [0.25, 0.3) is 10.0 Å². The third-order valence-electron chi connectivity index (χ3n) is 2.79. The summed E-state index contributed by atoms with van der Waals surface area (Å²) in [5.41, 5.74) is -0.0411. The molecule has 0 spiro atoms. The van der Waals surface area contributed by atoms with Gasteiger partial charge in [-0.15, -0.1) is 0 Å². The Hall–Kier alpha value is -0.850. The van der Waals surface area contributed by atoms with Gasteiger partial charge in [0.2, 0.25) is 5.09 Å². The first-order valence-corrected chi connectivity index (χ1v) is 7.80. The van der Waals surface area contributed by atoms with E-state index in [0.29, 0.717) is 12.3 Å². The van der Waals surface area contributed by atoms with E-state index in [1.54, 1.807) is 13.1 Å². The second kappa shape index (κ2) is 5.64. The molecule has 0 atom stereocenters. The first-order valence-electron chi connectivity index (χ1n) is 6.36. The van der Waals surface area contributed by atoms with Gasteiger partial charge in [0.1, 0.15) is 5.76 Å². The quantitative estimate of drug-likeness (QED) is 0.902. The van der Waals surface area contributed by atoms with Gasteiger partial charge in [-0.2, -0.15) is 4.31 Å². The monoisotopic (exact) mass is 288 g/mol. The predicted octanol–water partition coefficient (Wildman–Crippen LogP) is 2.20. The van der Waals surface area contributed by atoms with Gasteiger partial charge in [0.15, 0.2) is 0 Å². The van der Waals surface area contributed by atoms with E-state index in [-0.39, 0.29) is 16.7 Å². The molecule has 0 fully saturated rings. The van der Waals surface area contributed by atoms with Crippen molar-refractivity contribution in [1.29, 1.82) is 0 Å². The summed E-state index contributed by atoms with van der Waals surface area (Å²) in [5.74, 6) is 0.616. The Morgan fingerprint density at radius 2 is 1.89 bits per heavy atom. The summed E-state index contributed by atoms with van der Waals surface area (Å²) in [6.45, 7) is 10.3. The van der Waals surface area contributed by atoms with Gasteiger partial charge in [-0.25, -0.2) is 8.42 Å². The summed E-state index contributed by atoms with van der Waals surface area (Å²) in [5, 5.41) is 3.25. The summed E-state index contributed by atoms with van der Waals surface area (Å²) in [6.07, 6.45) is 0. The molecule has 1 N–H and O–H groups in total. The van der Waals surface area contributed by atoms with Gasteiger partial charge in [0, 0.05) is 18.6 Å². The van der Waals surface area contributed by atoms with Crippen molar-refractivity contribution >= 4 is 10.0 Å². The van der Waals surface area contributed by atoms with Crippen molar-refractivity contribution < 1.29 is 12.8 Å². The Morgan fingerprint density at radius 1 is 1.32 bits per heavy atom. The third kappa shape index (κ3) is 4.33. The van der Waals surface area contributed by atoms with Gasteiger partial charge in [-0.05, 0) is 46.8 Å². The number of rotatable bonds is 5. The fraction of sp³-hybridized carbons (Fsp3) is 0.692. The molecule has 5 nitrogen and oxygen atoms in total. The number of furan rings is 1. The fourth-order valence-electron chi connectivity index (χ4n) is 1.36. The molecule has 1 rings (SSSR count). The smallest absolute Gasteiger partial charge is 0.276 e. The van der Waals surface area contributed by atoms with E-state index in [1.807, 2.05) is 34.6 Å². The van der Waals surface area contributed by atoms with Crippen LogP contribution in [0.4, 0.5) is 0 Å². The molecule has 0 aliphatic rings. The molecule has 1 heterocycles. The van der Waals surface area contributed by atoms with E-state index in [2.05, 4.69) is 5.32 Å². The van der Waals surface area contributed by atoms with E-state index in [4.69, 9.17) is 4.42 Å². The normalized spacial score (nSPS) is 13.5. The predicted molar refractivity (Wildman–Crippen MR) is 75.4 cm³/mol. The fourth-order valence-corrected chi connectivity index (χ4v) is 2.65. The lowest BCUT2D eigenvalue weighted by Crippen LogP contribution is -2.35. The van der Waals surface area contributed by atoms with Crippen LogP contribution in [0.5, 0.6) is 0 Å². The maximum Gasteiger partial charge on any atom is 0.276 e. The van der Waals surface area contributed by atoms with Gasteiger partial charge >= 0.3 is 0 Å². The summed E-state index contributed by atoms with van der Waals surface area (Å²) < 4.78 is 31.1. The maximum atomic E-state index is 12.2. The molecule has 0 unspecified atom stereocenters. The first kappa shape index (κ1) is 16.2. The average molecular weight is 288 g/mol. The van der Waals surface area contributed by atoms with Crippen LogP contribution in [0.15, 0.2) is 21.6 Å². The Morgan fingerprint density at radius 3 is 2.37 bits per heavy atom. The number of nitrogens with zero attached hydrogens (tertiary/aromatic N) is 1. The molecule has 0 aliphatic carbocycles. The highest BCUT2D eigenvalue weighted by Crippen LogP contribution is 2.19. The molecule has 0 radical (unpaired) electrons. The Balaban J connectivity index is 2.85. The zero-order chi connectivity index (χ0) is 14.8. The van der Waals surface area contributed by atoms with E-state index >= 15 is 0 Å². The topological polar surface area (TPSA) is 62.6 Å². The Labute approximate surface area is 116 Å². The molecule has 0 saturated carbocycles. The highest BCUT2D eigenvalue weighted by atomic mass is 32.2. The van der Waals surface area contributed by atoms with Crippen molar-refractivity contribution in [1.82, 2.24) is 9.62 Å². The molecule has 1 aromatic heterocycles. The molecular formula is C13H24N2O3S. The minimum atomic E-state index is -3.53. The lowest BCUT2D eigenvalue weighted by molar-refractivity contribution is 0.344. The molecule has 6 heteroatoms. The van der Waals surface area contributed by atoms with Crippen LogP contribution in [0.2, 0.25) is 0 Å². The van der Waals surface area contributed by atoms with Crippen molar-refractivity contribution in [2.45, 2.75) is 57.8 Å². The van der Waals surface area contributed by atoms with Crippen LogP contribution in [0.3, 0.4) is 0 Å². The van der Waals surface area contributed by atoms with Crippen molar-refractivity contribution in [3.05, 3.63) is 17.9 Å². The largest absolute Gasteiger partial charge is 0.447 e. The van der Waals surface area contributed by atoms with Crippen LogP contribution in [-0.4, -0.2) is 31.4 Å². The first-order chi connectivity index (χ1) is 8.54. The number of sulfonamides is 1. The standard InChI is InChI=1S/C13H24N2O3S/c1-10(2)15(6)19(16,17)12-8-7-11(18-12)9-14-13(3,4)5/h7-8,10,14H,9H2,1-6H3. The molecule has 0 saturated heterocycles. The molecule has 0 amide bonds. The highest BCUT2D eigenvalue weighted by Gasteiger charge is 2.26. The third-order valence-corrected chi connectivity index (χ3v) is 4.70.